The molecule has 1 heterocycles. The van der Waals surface area contributed by atoms with Gasteiger partial charge in [-0.05, 0) is 12.1 Å². The first-order chi connectivity index (χ1) is 6.77. The molecule has 1 fully saturated rings. The lowest BCUT2D eigenvalue weighted by atomic mass is 10.1. The van der Waals surface area contributed by atoms with E-state index in [1.807, 2.05) is 0 Å². The molecule has 4 nitrogen and oxygen atoms in total. The molecule has 1 aliphatic rings. The molecule has 1 aliphatic heterocycles. The largest absolute Gasteiger partial charge is 0.478 e. The van der Waals surface area contributed by atoms with Crippen LogP contribution in [0, 0.1) is 0 Å². The second-order valence-electron chi connectivity index (χ2n) is 3.00. The van der Waals surface area contributed by atoms with Crippen LogP contribution in [0.25, 0.3) is 0 Å². The molecular weight excluding hydrogens is 184 g/mol. The molecule has 74 valence electrons. The quantitative estimate of drug-likeness (QED) is 0.773. The standard InChI is InChI=1S/C10H10O4/c11-9(12)7-1-3-8(4-2-7)10-13-5-6-14-10/h1-4,10H,5-6H2,(H,11,12). The molecule has 0 atom stereocenters. The van der Waals surface area contributed by atoms with Crippen LogP contribution in [0.4, 0.5) is 0 Å². The van der Waals surface area contributed by atoms with Crippen LogP contribution in [0.3, 0.4) is 0 Å². The molecule has 0 radical (unpaired) electrons. The smallest absolute Gasteiger partial charge is 0.335 e. The summed E-state index contributed by atoms with van der Waals surface area (Å²) in [5, 5.41) is 8.68. The average Bonchev–Trinajstić information content (AvgIpc) is 2.71. The molecular formula is C10H10O4. The zero-order valence-electron chi connectivity index (χ0n) is 7.47. The number of aromatic carboxylic acids is 1. The molecule has 1 saturated heterocycles. The Morgan fingerprint density at radius 3 is 2.29 bits per heavy atom. The third-order valence-electron chi connectivity index (χ3n) is 2.05. The molecule has 0 aliphatic carbocycles. The van der Waals surface area contributed by atoms with Gasteiger partial charge in [-0.2, -0.15) is 0 Å². The summed E-state index contributed by atoms with van der Waals surface area (Å²) >= 11 is 0. The van der Waals surface area contributed by atoms with Crippen molar-refractivity contribution in [1.82, 2.24) is 0 Å². The Labute approximate surface area is 81.1 Å². The first-order valence-corrected chi connectivity index (χ1v) is 4.34. The van der Waals surface area contributed by atoms with Gasteiger partial charge in [0.25, 0.3) is 0 Å². The van der Waals surface area contributed by atoms with Crippen molar-refractivity contribution in [2.24, 2.45) is 0 Å². The second kappa shape index (κ2) is 3.77. The van der Waals surface area contributed by atoms with Crippen molar-refractivity contribution in [2.45, 2.75) is 6.29 Å². The number of ether oxygens (including phenoxy) is 2. The Morgan fingerprint density at radius 1 is 1.21 bits per heavy atom. The van der Waals surface area contributed by atoms with Crippen LogP contribution in [0.5, 0.6) is 0 Å². The van der Waals surface area contributed by atoms with Gasteiger partial charge in [0, 0.05) is 5.56 Å². The van der Waals surface area contributed by atoms with Crippen LogP contribution in [-0.2, 0) is 9.47 Å². The molecule has 0 aromatic heterocycles. The topological polar surface area (TPSA) is 55.8 Å². The van der Waals surface area contributed by atoms with E-state index in [-0.39, 0.29) is 11.9 Å². The van der Waals surface area contributed by atoms with E-state index in [1.165, 1.54) is 0 Å². The van der Waals surface area contributed by atoms with Crippen molar-refractivity contribution >= 4 is 5.97 Å². The molecule has 4 heteroatoms. The van der Waals surface area contributed by atoms with Gasteiger partial charge in [0.05, 0.1) is 18.8 Å². The van der Waals surface area contributed by atoms with Crippen molar-refractivity contribution < 1.29 is 19.4 Å². The Bertz CT molecular complexity index is 324. The van der Waals surface area contributed by atoms with E-state index in [9.17, 15) is 4.79 Å². The summed E-state index contributed by atoms with van der Waals surface area (Å²) < 4.78 is 10.5. The van der Waals surface area contributed by atoms with Gasteiger partial charge in [-0.1, -0.05) is 12.1 Å². The normalized spacial score (nSPS) is 17.1. The van der Waals surface area contributed by atoms with E-state index in [4.69, 9.17) is 14.6 Å². The van der Waals surface area contributed by atoms with Crippen LogP contribution >= 0.6 is 0 Å². The number of carboxylic acid groups (broad SMARTS) is 1. The van der Waals surface area contributed by atoms with Gasteiger partial charge in [-0.25, -0.2) is 4.79 Å². The lowest BCUT2D eigenvalue weighted by molar-refractivity contribution is -0.0441. The van der Waals surface area contributed by atoms with Crippen LogP contribution in [0.1, 0.15) is 22.2 Å². The first-order valence-electron chi connectivity index (χ1n) is 4.34. The van der Waals surface area contributed by atoms with Gasteiger partial charge in [-0.15, -0.1) is 0 Å². The third kappa shape index (κ3) is 1.76. The van der Waals surface area contributed by atoms with E-state index < -0.39 is 5.97 Å². The van der Waals surface area contributed by atoms with Crippen molar-refractivity contribution in [3.63, 3.8) is 0 Å². The minimum absolute atomic E-state index is 0.270. The summed E-state index contributed by atoms with van der Waals surface area (Å²) in [6.07, 6.45) is -0.335. The molecule has 1 aromatic carbocycles. The van der Waals surface area contributed by atoms with E-state index >= 15 is 0 Å². The summed E-state index contributed by atoms with van der Waals surface area (Å²) in [6, 6.07) is 6.50. The highest BCUT2D eigenvalue weighted by Gasteiger charge is 2.18. The van der Waals surface area contributed by atoms with Crippen molar-refractivity contribution in [3.8, 4) is 0 Å². The monoisotopic (exact) mass is 194 g/mol. The van der Waals surface area contributed by atoms with Crippen LogP contribution in [-0.4, -0.2) is 24.3 Å². The molecule has 0 bridgehead atoms. The Balaban J connectivity index is 2.16. The van der Waals surface area contributed by atoms with Crippen molar-refractivity contribution in [3.05, 3.63) is 35.4 Å². The number of hydrogen-bond donors (Lipinski definition) is 1. The van der Waals surface area contributed by atoms with Gasteiger partial charge < -0.3 is 14.6 Å². The van der Waals surface area contributed by atoms with Gasteiger partial charge in [0.1, 0.15) is 0 Å². The molecule has 0 amide bonds. The molecule has 14 heavy (non-hydrogen) atoms. The summed E-state index contributed by atoms with van der Waals surface area (Å²) in [7, 11) is 0. The molecule has 0 saturated carbocycles. The number of carbonyl (C=O) groups is 1. The highest BCUT2D eigenvalue weighted by atomic mass is 16.7. The SMILES string of the molecule is O=C(O)c1ccc(C2OCCO2)cc1. The number of benzene rings is 1. The maximum Gasteiger partial charge on any atom is 0.335 e. The predicted octanol–water partition coefficient (Wildman–Crippen LogP) is 1.43. The summed E-state index contributed by atoms with van der Waals surface area (Å²) in [4.78, 5) is 10.6. The summed E-state index contributed by atoms with van der Waals surface area (Å²) in [5.41, 5.74) is 1.12. The van der Waals surface area contributed by atoms with Gasteiger partial charge in [-0.3, -0.25) is 0 Å². The number of carboxylic acids is 1. The zero-order chi connectivity index (χ0) is 9.97. The lowest BCUT2D eigenvalue weighted by Gasteiger charge is -2.08. The molecule has 0 spiro atoms. The minimum Gasteiger partial charge on any atom is -0.478 e. The number of rotatable bonds is 2. The maximum atomic E-state index is 10.6. The molecule has 1 aromatic rings. The van der Waals surface area contributed by atoms with Crippen LogP contribution in [0.2, 0.25) is 0 Å². The van der Waals surface area contributed by atoms with Gasteiger partial charge in [0.15, 0.2) is 6.29 Å². The van der Waals surface area contributed by atoms with E-state index in [0.29, 0.717) is 13.2 Å². The minimum atomic E-state index is -0.926. The first kappa shape index (κ1) is 9.18. The fourth-order valence-corrected chi connectivity index (χ4v) is 1.33. The number of hydrogen-bond acceptors (Lipinski definition) is 3. The molecule has 2 rings (SSSR count). The van der Waals surface area contributed by atoms with Crippen molar-refractivity contribution in [1.29, 1.82) is 0 Å². The maximum absolute atomic E-state index is 10.6. The predicted molar refractivity (Wildman–Crippen MR) is 48.0 cm³/mol. The Morgan fingerprint density at radius 2 is 1.79 bits per heavy atom. The fraction of sp³-hybridized carbons (Fsp3) is 0.300. The van der Waals surface area contributed by atoms with Crippen LogP contribution < -0.4 is 0 Å². The van der Waals surface area contributed by atoms with E-state index in [1.54, 1.807) is 24.3 Å². The van der Waals surface area contributed by atoms with Crippen molar-refractivity contribution in [2.75, 3.05) is 13.2 Å². The second-order valence-corrected chi connectivity index (χ2v) is 3.00. The summed E-state index contributed by atoms with van der Waals surface area (Å²) in [5.74, 6) is -0.926. The zero-order valence-corrected chi connectivity index (χ0v) is 7.47. The third-order valence-corrected chi connectivity index (χ3v) is 2.05. The highest BCUT2D eigenvalue weighted by Crippen LogP contribution is 2.23. The van der Waals surface area contributed by atoms with Gasteiger partial charge >= 0.3 is 5.97 Å². The highest BCUT2D eigenvalue weighted by molar-refractivity contribution is 5.87. The average molecular weight is 194 g/mol. The lowest BCUT2D eigenvalue weighted by Crippen LogP contribution is -2.00. The Hall–Kier alpha value is -1.39. The van der Waals surface area contributed by atoms with Gasteiger partial charge in [0.2, 0.25) is 0 Å². The Kier molecular flexibility index (Phi) is 2.47. The molecule has 1 N–H and O–H groups in total. The molecule has 0 unspecified atom stereocenters. The van der Waals surface area contributed by atoms with E-state index in [0.717, 1.165) is 5.56 Å². The van der Waals surface area contributed by atoms with E-state index in [2.05, 4.69) is 0 Å². The summed E-state index contributed by atoms with van der Waals surface area (Å²) in [6.45, 7) is 1.18. The van der Waals surface area contributed by atoms with Crippen LogP contribution in [0.15, 0.2) is 24.3 Å². The fourth-order valence-electron chi connectivity index (χ4n) is 1.33.